The zero-order valence-corrected chi connectivity index (χ0v) is 16.6. The number of hydrogen-bond donors (Lipinski definition) is 1. The van der Waals surface area contributed by atoms with E-state index in [2.05, 4.69) is 80.5 Å². The predicted octanol–water partition coefficient (Wildman–Crippen LogP) is 2.04. The Bertz CT molecular complexity index is 737. The van der Waals surface area contributed by atoms with Gasteiger partial charge in [-0.2, -0.15) is 0 Å². The molecule has 1 saturated heterocycles. The Morgan fingerprint density at radius 1 is 1.11 bits per heavy atom. The molecule has 6 heteroatoms. The molecule has 1 fully saturated rings. The van der Waals surface area contributed by atoms with E-state index in [0.717, 1.165) is 51.0 Å². The molecule has 144 valence electrons. The number of piperazine rings is 1. The van der Waals surface area contributed by atoms with Gasteiger partial charge in [0, 0.05) is 59.6 Å². The summed E-state index contributed by atoms with van der Waals surface area (Å²) in [5.41, 5.74) is 2.48. The van der Waals surface area contributed by atoms with Crippen LogP contribution in [0, 0.1) is 0 Å². The summed E-state index contributed by atoms with van der Waals surface area (Å²) in [6.45, 7) is 5.78. The second-order valence-electron chi connectivity index (χ2n) is 7.06. The van der Waals surface area contributed by atoms with Gasteiger partial charge in [-0.25, -0.2) is 4.98 Å². The van der Waals surface area contributed by atoms with Crippen LogP contribution in [-0.4, -0.2) is 68.1 Å². The molecule has 0 atom stereocenters. The molecular formula is C21H30N6. The number of hydrogen-bond acceptors (Lipinski definition) is 4. The van der Waals surface area contributed by atoms with Crippen molar-refractivity contribution in [2.75, 3.05) is 52.2 Å². The van der Waals surface area contributed by atoms with Gasteiger partial charge in [-0.3, -0.25) is 4.99 Å². The van der Waals surface area contributed by atoms with E-state index >= 15 is 0 Å². The van der Waals surface area contributed by atoms with Gasteiger partial charge in [0.05, 0.1) is 0 Å². The lowest BCUT2D eigenvalue weighted by molar-refractivity contribution is 0.312. The molecule has 27 heavy (non-hydrogen) atoms. The van der Waals surface area contributed by atoms with Crippen molar-refractivity contribution in [2.45, 2.75) is 13.1 Å². The van der Waals surface area contributed by atoms with Crippen LogP contribution < -0.4 is 10.2 Å². The minimum atomic E-state index is 0.731. The summed E-state index contributed by atoms with van der Waals surface area (Å²) in [7, 11) is 6.05. The van der Waals surface area contributed by atoms with E-state index in [1.807, 2.05) is 19.3 Å². The van der Waals surface area contributed by atoms with E-state index in [4.69, 9.17) is 0 Å². The number of nitrogens with zero attached hydrogens (tertiary/aromatic N) is 5. The smallest absolute Gasteiger partial charge is 0.193 e. The maximum atomic E-state index is 4.57. The van der Waals surface area contributed by atoms with Crippen LogP contribution >= 0.6 is 0 Å². The molecule has 6 nitrogen and oxygen atoms in total. The molecule has 0 saturated carbocycles. The first-order chi connectivity index (χ1) is 13.2. The third-order valence-corrected chi connectivity index (χ3v) is 4.92. The predicted molar refractivity (Wildman–Crippen MR) is 112 cm³/mol. The Kier molecular flexibility index (Phi) is 6.65. The number of benzene rings is 1. The third kappa shape index (κ3) is 5.44. The van der Waals surface area contributed by atoms with Crippen molar-refractivity contribution in [1.29, 1.82) is 0 Å². The summed E-state index contributed by atoms with van der Waals surface area (Å²) in [5, 5.41) is 3.46. The Hall–Kier alpha value is -2.60. The van der Waals surface area contributed by atoms with E-state index in [1.54, 1.807) is 0 Å². The average Bonchev–Trinajstić information content (AvgIpc) is 2.70. The summed E-state index contributed by atoms with van der Waals surface area (Å²) in [6, 6.07) is 14.7. The SMILES string of the molecule is CN=C(NCc1ccnc(N2CCN(C)CC2)c1)N(C)Cc1ccccc1. The highest BCUT2D eigenvalue weighted by atomic mass is 15.3. The van der Waals surface area contributed by atoms with Crippen LogP contribution in [0.15, 0.2) is 53.7 Å². The molecule has 2 aromatic rings. The van der Waals surface area contributed by atoms with Crippen LogP contribution in [0.4, 0.5) is 5.82 Å². The van der Waals surface area contributed by atoms with Crippen LogP contribution in [0.3, 0.4) is 0 Å². The number of aliphatic imine (C=N–C) groups is 1. The summed E-state index contributed by atoms with van der Waals surface area (Å²) in [4.78, 5) is 15.8. The molecule has 0 radical (unpaired) electrons. The maximum absolute atomic E-state index is 4.57. The fourth-order valence-electron chi connectivity index (χ4n) is 3.28. The first-order valence-electron chi connectivity index (χ1n) is 9.50. The Morgan fingerprint density at radius 2 is 1.85 bits per heavy atom. The number of likely N-dealkylation sites (N-methyl/N-ethyl adjacent to an activating group) is 1. The Balaban J connectivity index is 1.57. The van der Waals surface area contributed by atoms with Gasteiger partial charge in [0.2, 0.25) is 0 Å². The summed E-state index contributed by atoms with van der Waals surface area (Å²) in [6.07, 6.45) is 1.90. The highest BCUT2D eigenvalue weighted by molar-refractivity contribution is 5.79. The fraction of sp³-hybridized carbons (Fsp3) is 0.429. The number of anilines is 1. The van der Waals surface area contributed by atoms with E-state index in [9.17, 15) is 0 Å². The van der Waals surface area contributed by atoms with Crippen molar-refractivity contribution < 1.29 is 0 Å². The van der Waals surface area contributed by atoms with Crippen molar-refractivity contribution in [2.24, 2.45) is 4.99 Å². The van der Waals surface area contributed by atoms with E-state index in [1.165, 1.54) is 11.1 Å². The summed E-state index contributed by atoms with van der Waals surface area (Å²) in [5.74, 6) is 1.95. The minimum Gasteiger partial charge on any atom is -0.354 e. The molecule has 2 heterocycles. The largest absolute Gasteiger partial charge is 0.354 e. The van der Waals surface area contributed by atoms with Crippen LogP contribution in [-0.2, 0) is 13.1 Å². The lowest BCUT2D eigenvalue weighted by Gasteiger charge is -2.33. The lowest BCUT2D eigenvalue weighted by atomic mass is 10.2. The van der Waals surface area contributed by atoms with Gasteiger partial charge in [-0.1, -0.05) is 30.3 Å². The maximum Gasteiger partial charge on any atom is 0.193 e. The van der Waals surface area contributed by atoms with Crippen molar-refractivity contribution >= 4 is 11.8 Å². The Morgan fingerprint density at radius 3 is 2.56 bits per heavy atom. The number of aromatic nitrogens is 1. The zero-order chi connectivity index (χ0) is 19.1. The monoisotopic (exact) mass is 366 g/mol. The third-order valence-electron chi connectivity index (χ3n) is 4.92. The summed E-state index contributed by atoms with van der Waals surface area (Å²) < 4.78 is 0. The second-order valence-corrected chi connectivity index (χ2v) is 7.06. The van der Waals surface area contributed by atoms with E-state index in [-0.39, 0.29) is 0 Å². The fourth-order valence-corrected chi connectivity index (χ4v) is 3.28. The van der Waals surface area contributed by atoms with E-state index in [0.29, 0.717) is 0 Å². The molecule has 1 N–H and O–H groups in total. The van der Waals surface area contributed by atoms with Gasteiger partial charge in [0.15, 0.2) is 5.96 Å². The van der Waals surface area contributed by atoms with Gasteiger partial charge in [-0.15, -0.1) is 0 Å². The standard InChI is InChI=1S/C21H30N6/c1-22-21(26(3)17-18-7-5-4-6-8-18)24-16-19-9-10-23-20(15-19)27-13-11-25(2)12-14-27/h4-10,15H,11-14,16-17H2,1-3H3,(H,22,24). The summed E-state index contributed by atoms with van der Waals surface area (Å²) >= 11 is 0. The molecule has 0 unspecified atom stereocenters. The number of pyridine rings is 1. The average molecular weight is 367 g/mol. The quantitative estimate of drug-likeness (QED) is 0.648. The van der Waals surface area contributed by atoms with Gasteiger partial charge >= 0.3 is 0 Å². The van der Waals surface area contributed by atoms with Crippen LogP contribution in [0.2, 0.25) is 0 Å². The van der Waals surface area contributed by atoms with Gasteiger partial charge < -0.3 is 20.0 Å². The van der Waals surface area contributed by atoms with Crippen molar-refractivity contribution in [1.82, 2.24) is 20.1 Å². The van der Waals surface area contributed by atoms with E-state index < -0.39 is 0 Å². The van der Waals surface area contributed by atoms with Crippen LogP contribution in [0.25, 0.3) is 0 Å². The first kappa shape index (κ1) is 19.2. The molecule has 0 spiro atoms. The molecule has 1 aliphatic rings. The Labute approximate surface area is 162 Å². The minimum absolute atomic E-state index is 0.731. The molecular weight excluding hydrogens is 336 g/mol. The first-order valence-corrected chi connectivity index (χ1v) is 9.50. The number of guanidine groups is 1. The van der Waals surface area contributed by atoms with Crippen molar-refractivity contribution in [3.8, 4) is 0 Å². The van der Waals surface area contributed by atoms with Crippen molar-refractivity contribution in [3.05, 3.63) is 59.8 Å². The number of nitrogens with one attached hydrogen (secondary N) is 1. The van der Waals surface area contributed by atoms with Crippen LogP contribution in [0.5, 0.6) is 0 Å². The lowest BCUT2D eigenvalue weighted by Crippen LogP contribution is -2.44. The molecule has 1 aromatic heterocycles. The van der Waals surface area contributed by atoms with Gasteiger partial charge in [-0.05, 0) is 30.3 Å². The molecule has 0 amide bonds. The zero-order valence-electron chi connectivity index (χ0n) is 16.6. The number of rotatable bonds is 5. The van der Waals surface area contributed by atoms with Crippen molar-refractivity contribution in [3.63, 3.8) is 0 Å². The van der Waals surface area contributed by atoms with Gasteiger partial charge in [0.25, 0.3) is 0 Å². The van der Waals surface area contributed by atoms with Gasteiger partial charge in [0.1, 0.15) is 5.82 Å². The topological polar surface area (TPSA) is 47.0 Å². The highest BCUT2D eigenvalue weighted by Gasteiger charge is 2.15. The molecule has 1 aromatic carbocycles. The second kappa shape index (κ2) is 9.37. The molecule has 0 bridgehead atoms. The van der Waals surface area contributed by atoms with Crippen LogP contribution in [0.1, 0.15) is 11.1 Å². The molecule has 1 aliphatic heterocycles. The molecule has 3 rings (SSSR count). The molecule has 0 aliphatic carbocycles. The normalized spacial score (nSPS) is 15.7. The highest BCUT2D eigenvalue weighted by Crippen LogP contribution is 2.15.